The number of amides is 1. The first-order valence-electron chi connectivity index (χ1n) is 10.4. The number of hydrogen-bond donors (Lipinski definition) is 3. The third-order valence-electron chi connectivity index (χ3n) is 5.56. The van der Waals surface area contributed by atoms with Crippen LogP contribution in [0.3, 0.4) is 0 Å². The molecular formula is C24H26N4O3. The number of hydrogen-bond acceptors (Lipinski definition) is 6. The Bertz CT molecular complexity index is 1040. The molecule has 0 aliphatic heterocycles. The Labute approximate surface area is 181 Å². The monoisotopic (exact) mass is 418 g/mol. The SMILES string of the molecule is COc1ccccc1-c1cc(Nc2ccncn2)ccc1C(=O)NC1CCCC[C@@H]1O. The number of benzene rings is 2. The van der Waals surface area contributed by atoms with Gasteiger partial charge in [-0.1, -0.05) is 31.0 Å². The molecule has 3 N–H and O–H groups in total. The number of ether oxygens (including phenoxy) is 1. The second kappa shape index (κ2) is 9.57. The molecule has 3 aromatic rings. The molecule has 1 amide bonds. The van der Waals surface area contributed by atoms with Gasteiger partial charge in [0.1, 0.15) is 17.9 Å². The summed E-state index contributed by atoms with van der Waals surface area (Å²) in [6.07, 6.45) is 6.11. The summed E-state index contributed by atoms with van der Waals surface area (Å²) >= 11 is 0. The van der Waals surface area contributed by atoms with Crippen LogP contribution >= 0.6 is 0 Å². The van der Waals surface area contributed by atoms with Gasteiger partial charge in [0.05, 0.1) is 19.3 Å². The fraction of sp³-hybridized carbons (Fsp3) is 0.292. The Kier molecular flexibility index (Phi) is 6.43. The minimum absolute atomic E-state index is 0.208. The van der Waals surface area contributed by atoms with E-state index >= 15 is 0 Å². The van der Waals surface area contributed by atoms with E-state index in [1.165, 1.54) is 6.33 Å². The molecule has 1 heterocycles. The van der Waals surface area contributed by atoms with E-state index in [1.54, 1.807) is 25.4 Å². The summed E-state index contributed by atoms with van der Waals surface area (Å²) in [4.78, 5) is 21.3. The van der Waals surface area contributed by atoms with Crippen molar-refractivity contribution in [1.29, 1.82) is 0 Å². The second-order valence-electron chi connectivity index (χ2n) is 7.61. The quantitative estimate of drug-likeness (QED) is 0.561. The number of rotatable bonds is 6. The number of anilines is 2. The Balaban J connectivity index is 1.70. The van der Waals surface area contributed by atoms with Crippen LogP contribution in [0.5, 0.6) is 5.75 Å². The largest absolute Gasteiger partial charge is 0.496 e. The van der Waals surface area contributed by atoms with Gasteiger partial charge in [-0.25, -0.2) is 9.97 Å². The molecule has 1 unspecified atom stereocenters. The zero-order chi connectivity index (χ0) is 21.6. The molecule has 2 aromatic carbocycles. The van der Waals surface area contributed by atoms with Gasteiger partial charge in [0, 0.05) is 28.6 Å². The van der Waals surface area contributed by atoms with Crippen LogP contribution in [0.4, 0.5) is 11.5 Å². The molecule has 7 nitrogen and oxygen atoms in total. The average Bonchev–Trinajstić information content (AvgIpc) is 2.81. The Morgan fingerprint density at radius 1 is 1.10 bits per heavy atom. The molecule has 0 radical (unpaired) electrons. The maximum Gasteiger partial charge on any atom is 0.252 e. The first kappa shape index (κ1) is 20.8. The number of nitrogens with one attached hydrogen (secondary N) is 2. The van der Waals surface area contributed by atoms with Crippen molar-refractivity contribution in [3.63, 3.8) is 0 Å². The van der Waals surface area contributed by atoms with Crippen molar-refractivity contribution in [3.05, 3.63) is 66.6 Å². The molecule has 7 heteroatoms. The van der Waals surface area contributed by atoms with E-state index in [9.17, 15) is 9.90 Å². The van der Waals surface area contributed by atoms with Crippen LogP contribution in [0.2, 0.25) is 0 Å². The van der Waals surface area contributed by atoms with Gasteiger partial charge in [0.2, 0.25) is 0 Å². The standard InChI is InChI=1S/C24H26N4O3/c1-31-22-9-5-2-6-17(22)19-14-16(27-23-12-13-25-15-26-23)10-11-18(19)24(30)28-20-7-3-4-8-21(20)29/h2,5-6,9-15,20-21,29H,3-4,7-8H2,1H3,(H,28,30)(H,25,26,27)/t20?,21-/m0/s1. The number of aliphatic hydroxyl groups excluding tert-OH is 1. The summed E-state index contributed by atoms with van der Waals surface area (Å²) in [6, 6.07) is 14.7. The molecule has 1 saturated carbocycles. The molecule has 1 aliphatic carbocycles. The molecule has 2 atom stereocenters. The predicted molar refractivity (Wildman–Crippen MR) is 119 cm³/mol. The van der Waals surface area contributed by atoms with Crippen molar-refractivity contribution < 1.29 is 14.6 Å². The van der Waals surface area contributed by atoms with Crippen molar-refractivity contribution in [3.8, 4) is 16.9 Å². The van der Waals surface area contributed by atoms with E-state index in [-0.39, 0.29) is 11.9 Å². The van der Waals surface area contributed by atoms with Crippen LogP contribution < -0.4 is 15.4 Å². The average molecular weight is 418 g/mol. The van der Waals surface area contributed by atoms with Crippen molar-refractivity contribution >= 4 is 17.4 Å². The summed E-state index contributed by atoms with van der Waals surface area (Å²) in [5.41, 5.74) is 2.86. The number of carbonyl (C=O) groups is 1. The van der Waals surface area contributed by atoms with E-state index in [1.807, 2.05) is 36.4 Å². The number of aromatic nitrogens is 2. The molecule has 31 heavy (non-hydrogen) atoms. The van der Waals surface area contributed by atoms with Crippen LogP contribution in [0.15, 0.2) is 61.1 Å². The maximum absolute atomic E-state index is 13.2. The fourth-order valence-corrected chi connectivity index (χ4v) is 3.95. The number of nitrogens with zero attached hydrogens (tertiary/aromatic N) is 2. The zero-order valence-electron chi connectivity index (χ0n) is 17.4. The number of aliphatic hydroxyl groups is 1. The van der Waals surface area contributed by atoms with Gasteiger partial charge in [-0.05, 0) is 43.2 Å². The van der Waals surface area contributed by atoms with Crippen LogP contribution in [0.1, 0.15) is 36.0 Å². The van der Waals surface area contributed by atoms with Crippen LogP contribution in [0.25, 0.3) is 11.1 Å². The van der Waals surface area contributed by atoms with E-state index < -0.39 is 6.10 Å². The molecule has 1 aliphatic rings. The topological polar surface area (TPSA) is 96.4 Å². The lowest BCUT2D eigenvalue weighted by Crippen LogP contribution is -2.45. The van der Waals surface area contributed by atoms with Crippen LogP contribution in [-0.2, 0) is 0 Å². The number of carbonyl (C=O) groups excluding carboxylic acids is 1. The fourth-order valence-electron chi connectivity index (χ4n) is 3.95. The number of methoxy groups -OCH3 is 1. The van der Waals surface area contributed by atoms with Gasteiger partial charge in [-0.2, -0.15) is 0 Å². The van der Waals surface area contributed by atoms with Crippen LogP contribution in [-0.4, -0.2) is 40.2 Å². The van der Waals surface area contributed by atoms with Crippen molar-refractivity contribution in [1.82, 2.24) is 15.3 Å². The van der Waals surface area contributed by atoms with E-state index in [2.05, 4.69) is 20.6 Å². The second-order valence-corrected chi connectivity index (χ2v) is 7.61. The first-order chi connectivity index (χ1) is 15.2. The van der Waals surface area contributed by atoms with E-state index in [0.29, 0.717) is 23.6 Å². The molecular weight excluding hydrogens is 392 g/mol. The third kappa shape index (κ3) is 4.83. The number of para-hydroxylation sites is 1. The molecule has 0 bridgehead atoms. The summed E-state index contributed by atoms with van der Waals surface area (Å²) in [5, 5.41) is 16.6. The van der Waals surface area contributed by atoms with Gasteiger partial charge in [0.15, 0.2) is 0 Å². The van der Waals surface area contributed by atoms with E-state index in [4.69, 9.17) is 4.74 Å². The lowest BCUT2D eigenvalue weighted by Gasteiger charge is -2.28. The van der Waals surface area contributed by atoms with Gasteiger partial charge < -0.3 is 20.5 Å². The van der Waals surface area contributed by atoms with Crippen LogP contribution in [0, 0.1) is 0 Å². The maximum atomic E-state index is 13.2. The highest BCUT2D eigenvalue weighted by molar-refractivity contribution is 6.02. The van der Waals surface area contributed by atoms with Gasteiger partial charge in [-0.3, -0.25) is 4.79 Å². The predicted octanol–water partition coefficient (Wildman–Crippen LogP) is 3.93. The van der Waals surface area contributed by atoms with Gasteiger partial charge in [0.25, 0.3) is 5.91 Å². The highest BCUT2D eigenvalue weighted by Gasteiger charge is 2.26. The summed E-state index contributed by atoms with van der Waals surface area (Å²) < 4.78 is 5.55. The molecule has 0 saturated heterocycles. The minimum atomic E-state index is -0.508. The Hall–Kier alpha value is -3.45. The van der Waals surface area contributed by atoms with Gasteiger partial charge in [-0.15, -0.1) is 0 Å². The molecule has 4 rings (SSSR count). The molecule has 1 fully saturated rings. The normalized spacial score (nSPS) is 18.3. The smallest absolute Gasteiger partial charge is 0.252 e. The highest BCUT2D eigenvalue weighted by Crippen LogP contribution is 2.35. The first-order valence-corrected chi connectivity index (χ1v) is 10.4. The molecule has 1 aromatic heterocycles. The zero-order valence-corrected chi connectivity index (χ0v) is 17.4. The Morgan fingerprint density at radius 2 is 1.94 bits per heavy atom. The lowest BCUT2D eigenvalue weighted by molar-refractivity contribution is 0.0718. The minimum Gasteiger partial charge on any atom is -0.496 e. The van der Waals surface area contributed by atoms with Crippen molar-refractivity contribution in [2.45, 2.75) is 37.8 Å². The lowest BCUT2D eigenvalue weighted by atomic mass is 9.91. The van der Waals surface area contributed by atoms with E-state index in [0.717, 1.165) is 36.1 Å². The summed E-state index contributed by atoms with van der Waals surface area (Å²) in [5.74, 6) is 1.12. The van der Waals surface area contributed by atoms with Crippen molar-refractivity contribution in [2.24, 2.45) is 0 Å². The highest BCUT2D eigenvalue weighted by atomic mass is 16.5. The third-order valence-corrected chi connectivity index (χ3v) is 5.56. The van der Waals surface area contributed by atoms with Gasteiger partial charge >= 0.3 is 0 Å². The molecule has 0 spiro atoms. The Morgan fingerprint density at radius 3 is 2.71 bits per heavy atom. The van der Waals surface area contributed by atoms with Crippen molar-refractivity contribution in [2.75, 3.05) is 12.4 Å². The molecule has 160 valence electrons. The summed E-state index contributed by atoms with van der Waals surface area (Å²) in [6.45, 7) is 0. The summed E-state index contributed by atoms with van der Waals surface area (Å²) in [7, 11) is 1.61.